The van der Waals surface area contributed by atoms with Crippen LogP contribution in [-0.4, -0.2) is 29.5 Å². The van der Waals surface area contributed by atoms with Crippen LogP contribution < -0.4 is 0 Å². The maximum atomic E-state index is 10.9. The predicted octanol–water partition coefficient (Wildman–Crippen LogP) is 0.764. The van der Waals surface area contributed by atoms with Gasteiger partial charge in [0, 0.05) is 6.04 Å². The van der Waals surface area contributed by atoms with Crippen molar-refractivity contribution in [1.29, 1.82) is 0 Å². The Labute approximate surface area is 65.1 Å². The van der Waals surface area contributed by atoms with Crippen LogP contribution in [0.25, 0.3) is 0 Å². The number of carbonyl (C=O) groups excluding carboxylic acids is 2. The highest BCUT2D eigenvalue weighted by Crippen LogP contribution is 2.11. The Morgan fingerprint density at radius 2 is 2.27 bits per heavy atom. The summed E-state index contributed by atoms with van der Waals surface area (Å²) in [7, 11) is 0. The summed E-state index contributed by atoms with van der Waals surface area (Å²) in [4.78, 5) is 22.9. The summed E-state index contributed by atoms with van der Waals surface area (Å²) < 4.78 is 4.34. The van der Waals surface area contributed by atoms with Gasteiger partial charge in [-0.05, 0) is 13.3 Å². The van der Waals surface area contributed by atoms with Gasteiger partial charge in [-0.1, -0.05) is 6.92 Å². The van der Waals surface area contributed by atoms with Crippen LogP contribution in [0, 0.1) is 0 Å². The average Bonchev–Trinajstić information content (AvgIpc) is 2.28. The Bertz CT molecular complexity index is 190. The van der Waals surface area contributed by atoms with E-state index in [0.717, 1.165) is 6.42 Å². The molecule has 1 aliphatic heterocycles. The molecule has 0 aromatic carbocycles. The first-order chi connectivity index (χ1) is 5.15. The molecule has 0 aliphatic carbocycles. The van der Waals surface area contributed by atoms with Crippen LogP contribution in [0.1, 0.15) is 20.3 Å². The minimum absolute atomic E-state index is 0.0916. The maximum Gasteiger partial charge on any atom is 0.418 e. The second-order valence-corrected chi connectivity index (χ2v) is 2.63. The first-order valence-corrected chi connectivity index (χ1v) is 3.66. The van der Waals surface area contributed by atoms with Crippen LogP contribution in [-0.2, 0) is 9.53 Å². The number of hydrogen-bond donors (Lipinski definition) is 0. The lowest BCUT2D eigenvalue weighted by Gasteiger charge is -2.18. The van der Waals surface area contributed by atoms with Gasteiger partial charge in [-0.25, -0.2) is 9.59 Å². The summed E-state index contributed by atoms with van der Waals surface area (Å²) >= 11 is 0. The summed E-state index contributed by atoms with van der Waals surface area (Å²) in [5.74, 6) is -0.449. The molecule has 0 unspecified atom stereocenters. The van der Waals surface area contributed by atoms with Gasteiger partial charge in [-0.15, -0.1) is 0 Å². The first-order valence-electron chi connectivity index (χ1n) is 3.66. The van der Waals surface area contributed by atoms with E-state index in [0.29, 0.717) is 0 Å². The molecule has 1 fully saturated rings. The molecule has 1 amide bonds. The molecule has 0 bridgehead atoms. The Morgan fingerprint density at radius 3 is 2.64 bits per heavy atom. The minimum Gasteiger partial charge on any atom is -0.375 e. The van der Waals surface area contributed by atoms with Gasteiger partial charge in [0.2, 0.25) is 0 Å². The van der Waals surface area contributed by atoms with Crippen molar-refractivity contribution < 1.29 is 14.3 Å². The number of carbonyl (C=O) groups is 2. The molecule has 0 N–H and O–H groups in total. The lowest BCUT2D eigenvalue weighted by Crippen LogP contribution is -2.33. The van der Waals surface area contributed by atoms with Gasteiger partial charge < -0.3 is 4.74 Å². The van der Waals surface area contributed by atoms with Crippen molar-refractivity contribution in [2.24, 2.45) is 0 Å². The number of amides is 1. The number of cyclic esters (lactones) is 2. The smallest absolute Gasteiger partial charge is 0.375 e. The largest absolute Gasteiger partial charge is 0.418 e. The molecular formula is C7H11NO3. The highest BCUT2D eigenvalue weighted by molar-refractivity contribution is 5.93. The molecule has 0 saturated carbocycles. The topological polar surface area (TPSA) is 46.6 Å². The second-order valence-electron chi connectivity index (χ2n) is 2.63. The molecule has 1 rings (SSSR count). The summed E-state index contributed by atoms with van der Waals surface area (Å²) in [5, 5.41) is 0. The number of rotatable bonds is 2. The van der Waals surface area contributed by atoms with Crippen LogP contribution in [0.2, 0.25) is 0 Å². The average molecular weight is 157 g/mol. The highest BCUT2D eigenvalue weighted by atomic mass is 16.6. The summed E-state index contributed by atoms with van der Waals surface area (Å²) in [6, 6.07) is 0.0916. The Morgan fingerprint density at radius 1 is 1.64 bits per heavy atom. The van der Waals surface area contributed by atoms with E-state index in [1.54, 1.807) is 0 Å². The van der Waals surface area contributed by atoms with E-state index in [1.807, 2.05) is 13.8 Å². The lowest BCUT2D eigenvalue weighted by molar-refractivity contribution is -0.132. The standard InChI is InChI=1S/C7H11NO3/c1-3-5(2)8-4-6(9)11-7(8)10/h5H,3-4H2,1-2H3/t5-/m0/s1. The number of hydrogen-bond acceptors (Lipinski definition) is 3. The zero-order valence-electron chi connectivity index (χ0n) is 6.66. The molecule has 0 aromatic rings. The predicted molar refractivity (Wildman–Crippen MR) is 37.9 cm³/mol. The Balaban J connectivity index is 2.59. The third kappa shape index (κ3) is 1.50. The lowest BCUT2D eigenvalue weighted by atomic mass is 10.2. The molecule has 1 heterocycles. The van der Waals surface area contributed by atoms with Crippen molar-refractivity contribution in [2.45, 2.75) is 26.3 Å². The van der Waals surface area contributed by atoms with E-state index in [2.05, 4.69) is 4.74 Å². The molecule has 0 radical (unpaired) electrons. The van der Waals surface area contributed by atoms with E-state index in [9.17, 15) is 9.59 Å². The summed E-state index contributed by atoms with van der Waals surface area (Å²) in [6.45, 7) is 3.95. The fourth-order valence-corrected chi connectivity index (χ4v) is 0.948. The van der Waals surface area contributed by atoms with E-state index >= 15 is 0 Å². The molecular weight excluding hydrogens is 146 g/mol. The number of esters is 1. The summed E-state index contributed by atoms with van der Waals surface area (Å²) in [5.41, 5.74) is 0. The molecule has 0 aromatic heterocycles. The van der Waals surface area contributed by atoms with Crippen molar-refractivity contribution in [3.05, 3.63) is 0 Å². The molecule has 4 nitrogen and oxygen atoms in total. The van der Waals surface area contributed by atoms with E-state index in [4.69, 9.17) is 0 Å². The van der Waals surface area contributed by atoms with Gasteiger partial charge in [0.1, 0.15) is 6.54 Å². The van der Waals surface area contributed by atoms with E-state index < -0.39 is 12.1 Å². The molecule has 4 heteroatoms. The first kappa shape index (κ1) is 8.04. The van der Waals surface area contributed by atoms with Gasteiger partial charge >= 0.3 is 12.1 Å². The Hall–Kier alpha value is -1.06. The molecule has 0 spiro atoms. The normalized spacial score (nSPS) is 20.4. The van der Waals surface area contributed by atoms with Gasteiger partial charge in [-0.3, -0.25) is 4.90 Å². The maximum absolute atomic E-state index is 10.9. The van der Waals surface area contributed by atoms with Crippen LogP contribution >= 0.6 is 0 Å². The van der Waals surface area contributed by atoms with Crippen molar-refractivity contribution >= 4 is 12.1 Å². The number of nitrogens with zero attached hydrogens (tertiary/aromatic N) is 1. The monoisotopic (exact) mass is 157 g/mol. The molecule has 1 aliphatic rings. The van der Waals surface area contributed by atoms with Crippen molar-refractivity contribution in [2.75, 3.05) is 6.54 Å². The van der Waals surface area contributed by atoms with Crippen molar-refractivity contribution in [1.82, 2.24) is 4.90 Å². The number of ether oxygens (including phenoxy) is 1. The fraction of sp³-hybridized carbons (Fsp3) is 0.714. The molecule has 1 saturated heterocycles. The molecule has 11 heavy (non-hydrogen) atoms. The van der Waals surface area contributed by atoms with Crippen molar-refractivity contribution in [3.8, 4) is 0 Å². The highest BCUT2D eigenvalue weighted by Gasteiger charge is 2.32. The van der Waals surface area contributed by atoms with Gasteiger partial charge in [0.05, 0.1) is 0 Å². The van der Waals surface area contributed by atoms with Crippen LogP contribution in [0.15, 0.2) is 0 Å². The van der Waals surface area contributed by atoms with E-state index in [-0.39, 0.29) is 12.6 Å². The summed E-state index contributed by atoms with van der Waals surface area (Å²) in [6.07, 6.45) is 0.326. The molecule has 1 atom stereocenters. The van der Waals surface area contributed by atoms with Gasteiger partial charge in [-0.2, -0.15) is 0 Å². The van der Waals surface area contributed by atoms with Gasteiger partial charge in [0.15, 0.2) is 0 Å². The second kappa shape index (κ2) is 2.90. The zero-order valence-corrected chi connectivity index (χ0v) is 6.66. The van der Waals surface area contributed by atoms with Crippen LogP contribution in [0.3, 0.4) is 0 Å². The zero-order chi connectivity index (χ0) is 8.43. The minimum atomic E-state index is -0.510. The third-order valence-corrected chi connectivity index (χ3v) is 1.86. The fourth-order valence-electron chi connectivity index (χ4n) is 0.948. The quantitative estimate of drug-likeness (QED) is 0.439. The Kier molecular flexibility index (Phi) is 2.12. The van der Waals surface area contributed by atoms with E-state index in [1.165, 1.54) is 4.90 Å². The third-order valence-electron chi connectivity index (χ3n) is 1.86. The SMILES string of the molecule is CC[C@H](C)N1CC(=O)OC1=O. The van der Waals surface area contributed by atoms with Crippen molar-refractivity contribution in [3.63, 3.8) is 0 Å². The van der Waals surface area contributed by atoms with Gasteiger partial charge in [0.25, 0.3) is 0 Å². The van der Waals surface area contributed by atoms with Crippen LogP contribution in [0.5, 0.6) is 0 Å². The molecule has 62 valence electrons. The van der Waals surface area contributed by atoms with Crippen LogP contribution in [0.4, 0.5) is 4.79 Å².